The van der Waals surface area contributed by atoms with Crippen LogP contribution in [0, 0.1) is 0 Å². The second kappa shape index (κ2) is 13.0. The highest BCUT2D eigenvalue weighted by Crippen LogP contribution is 2.40. The summed E-state index contributed by atoms with van der Waals surface area (Å²) in [7, 11) is 0. The summed E-state index contributed by atoms with van der Waals surface area (Å²) < 4.78 is 8.89. The first-order valence-electron chi connectivity index (χ1n) is 16.8. The molecule has 0 bridgehead atoms. The number of benzene rings is 6. The summed E-state index contributed by atoms with van der Waals surface area (Å²) in [6, 6.07) is 52.1. The van der Waals surface area contributed by atoms with Gasteiger partial charge in [-0.1, -0.05) is 140 Å². The Hall–Kier alpha value is -6.17. The maximum atomic E-state index is 6.26. The minimum absolute atomic E-state index is 0.0584. The van der Waals surface area contributed by atoms with Crippen molar-refractivity contribution in [2.45, 2.75) is 12.3 Å². The van der Waals surface area contributed by atoms with Gasteiger partial charge in [-0.25, -0.2) is 15.0 Å². The second-order valence-corrected chi connectivity index (χ2v) is 13.4. The summed E-state index contributed by atoms with van der Waals surface area (Å²) in [6.07, 6.45) is 7.45. The van der Waals surface area contributed by atoms with E-state index in [0.29, 0.717) is 11.6 Å². The van der Waals surface area contributed by atoms with E-state index in [2.05, 4.69) is 97.1 Å². The van der Waals surface area contributed by atoms with Gasteiger partial charge in [-0.3, -0.25) is 0 Å². The molecule has 1 atom stereocenters. The maximum Gasteiger partial charge on any atom is 0.163 e. The number of ether oxygens (including phenoxy) is 1. The van der Waals surface area contributed by atoms with Crippen molar-refractivity contribution in [2.24, 2.45) is 0 Å². The van der Waals surface area contributed by atoms with E-state index in [1.54, 1.807) is 0 Å². The van der Waals surface area contributed by atoms with Crippen LogP contribution in [0.4, 0.5) is 0 Å². The molecule has 1 aliphatic rings. The molecule has 2 heterocycles. The van der Waals surface area contributed by atoms with Crippen LogP contribution in [0.15, 0.2) is 170 Å². The fraction of sp³-hybridized carbons (Fsp3) is 0.0444. The van der Waals surface area contributed by atoms with Crippen LogP contribution in [0.25, 0.3) is 59.6 Å². The SMILES string of the molecule is C1=CC(c2nc(-c3ccccc3)nc(-c3ccccc3)n2)CC=C1c1ccc(Oc2ccc(-c3cccc4c3sc3ccccc34)cc2)cc1. The molecule has 6 aromatic carbocycles. The van der Waals surface area contributed by atoms with Crippen LogP contribution in [0.1, 0.15) is 23.7 Å². The summed E-state index contributed by atoms with van der Waals surface area (Å²) in [4.78, 5) is 14.7. The lowest BCUT2D eigenvalue weighted by molar-refractivity contribution is 0.483. The highest BCUT2D eigenvalue weighted by Gasteiger charge is 2.19. The van der Waals surface area contributed by atoms with E-state index in [1.807, 2.05) is 84.1 Å². The zero-order chi connectivity index (χ0) is 33.3. The van der Waals surface area contributed by atoms with Gasteiger partial charge in [-0.05, 0) is 59.0 Å². The first-order valence-corrected chi connectivity index (χ1v) is 17.6. The zero-order valence-electron chi connectivity index (χ0n) is 27.1. The maximum absolute atomic E-state index is 6.26. The minimum atomic E-state index is 0.0584. The van der Waals surface area contributed by atoms with Gasteiger partial charge in [0.05, 0.1) is 0 Å². The molecule has 8 aromatic rings. The molecule has 0 aliphatic heterocycles. The summed E-state index contributed by atoms with van der Waals surface area (Å²) in [5.74, 6) is 3.83. The Morgan fingerprint density at radius 1 is 0.520 bits per heavy atom. The summed E-state index contributed by atoms with van der Waals surface area (Å²) in [5.41, 5.74) is 6.71. The predicted molar refractivity (Wildman–Crippen MR) is 206 cm³/mol. The van der Waals surface area contributed by atoms with Gasteiger partial charge in [0, 0.05) is 37.2 Å². The summed E-state index contributed by atoms with van der Waals surface area (Å²) >= 11 is 1.85. The number of fused-ring (bicyclic) bond motifs is 3. The number of hydrogen-bond acceptors (Lipinski definition) is 5. The first kappa shape index (κ1) is 29.9. The van der Waals surface area contributed by atoms with E-state index < -0.39 is 0 Å². The average Bonchev–Trinajstić information content (AvgIpc) is 3.58. The molecule has 1 unspecified atom stereocenters. The van der Waals surface area contributed by atoms with Gasteiger partial charge in [-0.15, -0.1) is 11.3 Å². The number of nitrogens with zero attached hydrogens (tertiary/aromatic N) is 3. The third-order valence-electron chi connectivity index (χ3n) is 9.14. The van der Waals surface area contributed by atoms with Crippen LogP contribution < -0.4 is 4.74 Å². The number of rotatable bonds is 7. The number of thiophene rings is 1. The normalized spacial score (nSPS) is 14.2. The van der Waals surface area contributed by atoms with Gasteiger partial charge in [0.1, 0.15) is 17.3 Å². The molecule has 0 amide bonds. The van der Waals surface area contributed by atoms with Crippen LogP contribution >= 0.6 is 11.3 Å². The molecule has 1 aliphatic carbocycles. The smallest absolute Gasteiger partial charge is 0.163 e. The van der Waals surface area contributed by atoms with E-state index in [4.69, 9.17) is 19.7 Å². The molecule has 0 saturated carbocycles. The van der Waals surface area contributed by atoms with Crippen molar-refractivity contribution in [1.29, 1.82) is 0 Å². The van der Waals surface area contributed by atoms with E-state index >= 15 is 0 Å². The van der Waals surface area contributed by atoms with E-state index in [-0.39, 0.29) is 5.92 Å². The summed E-state index contributed by atoms with van der Waals surface area (Å²) in [5, 5.41) is 2.62. The van der Waals surface area contributed by atoms with Crippen molar-refractivity contribution in [1.82, 2.24) is 15.0 Å². The number of aromatic nitrogens is 3. The Labute approximate surface area is 294 Å². The lowest BCUT2D eigenvalue weighted by Gasteiger charge is -2.17. The second-order valence-electron chi connectivity index (χ2n) is 12.4. The third kappa shape index (κ3) is 5.89. The fourth-order valence-corrected chi connectivity index (χ4v) is 7.78. The van der Waals surface area contributed by atoms with Gasteiger partial charge >= 0.3 is 0 Å². The van der Waals surface area contributed by atoms with Crippen LogP contribution in [-0.2, 0) is 0 Å². The molecule has 0 spiro atoms. The van der Waals surface area contributed by atoms with Crippen molar-refractivity contribution in [2.75, 3.05) is 0 Å². The largest absolute Gasteiger partial charge is 0.457 e. The molecule has 4 nitrogen and oxygen atoms in total. The molecular formula is C45H31N3OS. The molecule has 9 rings (SSSR count). The van der Waals surface area contributed by atoms with Crippen LogP contribution in [0.3, 0.4) is 0 Å². The van der Waals surface area contributed by atoms with E-state index in [9.17, 15) is 0 Å². The quantitative estimate of drug-likeness (QED) is 0.171. The lowest BCUT2D eigenvalue weighted by Crippen LogP contribution is -2.08. The van der Waals surface area contributed by atoms with Gasteiger partial charge in [-0.2, -0.15) is 0 Å². The standard InChI is InChI=1S/C45H31N3OS/c1-3-10-33(11-4-1)43-46-44(34-12-5-2-6-13-34)48-45(47-43)35-20-18-30(19-21-35)31-22-26-36(27-23-31)49-37-28-24-32(25-29-37)38-15-9-16-40-39-14-7-8-17-41(39)50-42(38)40/h1-20,22-29,35H,21H2. The van der Waals surface area contributed by atoms with Gasteiger partial charge in [0.25, 0.3) is 0 Å². The molecule has 0 radical (unpaired) electrons. The third-order valence-corrected chi connectivity index (χ3v) is 10.4. The Bertz CT molecular complexity index is 2460. The van der Waals surface area contributed by atoms with Crippen molar-refractivity contribution in [3.05, 3.63) is 181 Å². The van der Waals surface area contributed by atoms with Crippen molar-refractivity contribution >= 4 is 37.1 Å². The lowest BCUT2D eigenvalue weighted by atomic mass is 9.92. The highest BCUT2D eigenvalue weighted by molar-refractivity contribution is 7.26. The van der Waals surface area contributed by atoms with Crippen molar-refractivity contribution < 1.29 is 4.74 Å². The predicted octanol–water partition coefficient (Wildman–Crippen LogP) is 12.2. The van der Waals surface area contributed by atoms with E-state index in [0.717, 1.165) is 40.4 Å². The van der Waals surface area contributed by atoms with Crippen molar-refractivity contribution in [3.63, 3.8) is 0 Å². The van der Waals surface area contributed by atoms with Crippen LogP contribution in [-0.4, -0.2) is 15.0 Å². The Kier molecular flexibility index (Phi) is 7.80. The summed E-state index contributed by atoms with van der Waals surface area (Å²) in [6.45, 7) is 0. The zero-order valence-corrected chi connectivity index (χ0v) is 27.9. The first-order chi connectivity index (χ1) is 24.7. The molecule has 238 valence electrons. The number of hydrogen-bond donors (Lipinski definition) is 0. The van der Waals surface area contributed by atoms with E-state index in [1.165, 1.54) is 36.9 Å². The highest BCUT2D eigenvalue weighted by atomic mass is 32.1. The molecular weight excluding hydrogens is 631 g/mol. The Morgan fingerprint density at radius 3 is 1.76 bits per heavy atom. The molecule has 50 heavy (non-hydrogen) atoms. The molecule has 2 aromatic heterocycles. The monoisotopic (exact) mass is 661 g/mol. The molecule has 0 N–H and O–H groups in total. The molecule has 0 saturated heterocycles. The average molecular weight is 662 g/mol. The van der Waals surface area contributed by atoms with Gasteiger partial charge in [0.2, 0.25) is 0 Å². The Morgan fingerprint density at radius 2 is 1.12 bits per heavy atom. The molecule has 5 heteroatoms. The topological polar surface area (TPSA) is 47.9 Å². The van der Waals surface area contributed by atoms with Crippen LogP contribution in [0.2, 0.25) is 0 Å². The van der Waals surface area contributed by atoms with Gasteiger partial charge < -0.3 is 4.74 Å². The Balaban J connectivity index is 0.903. The van der Waals surface area contributed by atoms with Gasteiger partial charge in [0.15, 0.2) is 11.6 Å². The van der Waals surface area contributed by atoms with Crippen molar-refractivity contribution in [3.8, 4) is 45.4 Å². The van der Waals surface area contributed by atoms with Crippen LogP contribution in [0.5, 0.6) is 11.5 Å². The fourth-order valence-electron chi connectivity index (χ4n) is 6.55. The number of allylic oxidation sites excluding steroid dienone is 4. The minimum Gasteiger partial charge on any atom is -0.457 e. The molecule has 0 fully saturated rings.